The van der Waals surface area contributed by atoms with Gasteiger partial charge in [0.15, 0.2) is 0 Å². The van der Waals surface area contributed by atoms with Gasteiger partial charge in [-0.05, 0) is 39.2 Å². The Morgan fingerprint density at radius 1 is 1.50 bits per heavy atom. The Morgan fingerprint density at radius 2 is 2.35 bits per heavy atom. The molecule has 0 aliphatic carbocycles. The Hall–Kier alpha value is -1.20. The Kier molecular flexibility index (Phi) is 3.65. The van der Waals surface area contributed by atoms with Crippen LogP contribution in [0, 0.1) is 12.8 Å². The fraction of sp³-hybridized carbons (Fsp3) is 0.733. The van der Waals surface area contributed by atoms with Crippen molar-refractivity contribution in [3.8, 4) is 0 Å². The van der Waals surface area contributed by atoms with Gasteiger partial charge in [0.05, 0.1) is 12.2 Å². The van der Waals surface area contributed by atoms with Crippen LogP contribution < -0.4 is 4.90 Å². The maximum Gasteiger partial charge on any atom is 0.225 e. The largest absolute Gasteiger partial charge is 0.390 e. The van der Waals surface area contributed by atoms with Gasteiger partial charge in [-0.3, -0.25) is 0 Å². The van der Waals surface area contributed by atoms with Crippen LogP contribution in [0.3, 0.4) is 0 Å². The number of anilines is 1. The number of hydrogen-bond acceptors (Lipinski definition) is 5. The van der Waals surface area contributed by atoms with Gasteiger partial charge in [0.2, 0.25) is 5.95 Å². The second kappa shape index (κ2) is 5.30. The third-order valence-electron chi connectivity index (χ3n) is 4.65. The van der Waals surface area contributed by atoms with Gasteiger partial charge in [-0.25, -0.2) is 9.97 Å². The van der Waals surface area contributed by atoms with Crippen molar-refractivity contribution in [3.05, 3.63) is 18.0 Å². The molecular formula is C15H23N3O2. The Bertz CT molecular complexity index is 478. The molecule has 5 nitrogen and oxygen atoms in total. The molecule has 2 saturated heterocycles. The van der Waals surface area contributed by atoms with Crippen molar-refractivity contribution in [2.75, 3.05) is 24.7 Å². The second-order valence-corrected chi connectivity index (χ2v) is 6.19. The molecule has 0 amide bonds. The summed E-state index contributed by atoms with van der Waals surface area (Å²) in [6.45, 7) is 6.15. The SMILES string of the molecule is Cc1ccnc(N2CCCC2C2COCCC2(C)O)n1. The molecule has 0 aromatic carbocycles. The Morgan fingerprint density at radius 3 is 3.10 bits per heavy atom. The van der Waals surface area contributed by atoms with Crippen LogP contribution in [0.1, 0.15) is 31.9 Å². The summed E-state index contributed by atoms with van der Waals surface area (Å²) in [5, 5.41) is 10.7. The van der Waals surface area contributed by atoms with Crippen LogP contribution in [-0.2, 0) is 4.74 Å². The average molecular weight is 277 g/mol. The number of nitrogens with zero attached hydrogens (tertiary/aromatic N) is 3. The summed E-state index contributed by atoms with van der Waals surface area (Å²) in [4.78, 5) is 11.2. The minimum atomic E-state index is -0.657. The second-order valence-electron chi connectivity index (χ2n) is 6.19. The normalized spacial score (nSPS) is 34.5. The summed E-state index contributed by atoms with van der Waals surface area (Å²) in [5.74, 6) is 0.914. The van der Waals surface area contributed by atoms with Crippen molar-refractivity contribution in [1.29, 1.82) is 0 Å². The molecule has 5 heteroatoms. The number of hydrogen-bond donors (Lipinski definition) is 1. The van der Waals surface area contributed by atoms with Crippen molar-refractivity contribution in [1.82, 2.24) is 9.97 Å². The van der Waals surface area contributed by atoms with Crippen molar-refractivity contribution < 1.29 is 9.84 Å². The first-order chi connectivity index (χ1) is 9.58. The van der Waals surface area contributed by atoms with Crippen LogP contribution >= 0.6 is 0 Å². The third-order valence-corrected chi connectivity index (χ3v) is 4.65. The molecule has 3 atom stereocenters. The summed E-state index contributed by atoms with van der Waals surface area (Å²) in [7, 11) is 0. The zero-order valence-electron chi connectivity index (χ0n) is 12.2. The molecule has 1 aromatic heterocycles. The molecule has 2 aliphatic rings. The number of aryl methyl sites for hydroxylation is 1. The van der Waals surface area contributed by atoms with E-state index in [0.717, 1.165) is 31.0 Å². The topological polar surface area (TPSA) is 58.5 Å². The maximum atomic E-state index is 10.7. The highest BCUT2D eigenvalue weighted by Crippen LogP contribution is 2.37. The molecule has 110 valence electrons. The zero-order valence-corrected chi connectivity index (χ0v) is 12.2. The molecule has 0 saturated carbocycles. The number of aliphatic hydroxyl groups is 1. The third kappa shape index (κ3) is 2.52. The predicted octanol–water partition coefficient (Wildman–Crippen LogP) is 1.54. The molecule has 3 unspecified atom stereocenters. The lowest BCUT2D eigenvalue weighted by Gasteiger charge is -2.43. The lowest BCUT2D eigenvalue weighted by atomic mass is 9.79. The fourth-order valence-corrected chi connectivity index (χ4v) is 3.41. The minimum Gasteiger partial charge on any atom is -0.390 e. The van der Waals surface area contributed by atoms with Crippen LogP contribution in [0.4, 0.5) is 5.95 Å². The van der Waals surface area contributed by atoms with Crippen molar-refractivity contribution >= 4 is 5.95 Å². The predicted molar refractivity (Wildman–Crippen MR) is 76.7 cm³/mol. The highest BCUT2D eigenvalue weighted by Gasteiger charge is 2.44. The quantitative estimate of drug-likeness (QED) is 0.888. The van der Waals surface area contributed by atoms with Gasteiger partial charge in [0, 0.05) is 37.0 Å². The van der Waals surface area contributed by atoms with Crippen LogP contribution in [0.5, 0.6) is 0 Å². The lowest BCUT2D eigenvalue weighted by Crippen LogP contribution is -2.52. The lowest BCUT2D eigenvalue weighted by molar-refractivity contribution is -0.108. The van der Waals surface area contributed by atoms with E-state index >= 15 is 0 Å². The fourth-order valence-electron chi connectivity index (χ4n) is 3.41. The minimum absolute atomic E-state index is 0.128. The van der Waals surface area contributed by atoms with Gasteiger partial charge < -0.3 is 14.7 Å². The van der Waals surface area contributed by atoms with Gasteiger partial charge >= 0.3 is 0 Å². The van der Waals surface area contributed by atoms with E-state index in [-0.39, 0.29) is 12.0 Å². The maximum absolute atomic E-state index is 10.7. The van der Waals surface area contributed by atoms with Crippen LogP contribution in [0.25, 0.3) is 0 Å². The van der Waals surface area contributed by atoms with Gasteiger partial charge in [0.1, 0.15) is 0 Å². The molecule has 2 fully saturated rings. The molecule has 0 radical (unpaired) electrons. The standard InChI is InChI=1S/C15H23N3O2/c1-11-5-7-16-14(17-11)18-8-3-4-13(18)12-10-20-9-6-15(12,2)19/h5,7,12-13,19H,3-4,6,8-10H2,1-2H3. The molecule has 2 aliphatic heterocycles. The highest BCUT2D eigenvalue weighted by atomic mass is 16.5. The Labute approximate surface area is 120 Å². The number of ether oxygens (including phenoxy) is 1. The smallest absolute Gasteiger partial charge is 0.225 e. The van der Waals surface area contributed by atoms with Crippen LogP contribution in [0.15, 0.2) is 12.3 Å². The van der Waals surface area contributed by atoms with E-state index in [1.165, 1.54) is 0 Å². The first-order valence-electron chi connectivity index (χ1n) is 7.44. The summed E-state index contributed by atoms with van der Waals surface area (Å²) in [6.07, 6.45) is 4.70. The van der Waals surface area contributed by atoms with E-state index in [2.05, 4.69) is 14.9 Å². The van der Waals surface area contributed by atoms with E-state index in [1.807, 2.05) is 26.1 Å². The number of rotatable bonds is 2. The first-order valence-corrected chi connectivity index (χ1v) is 7.44. The molecule has 3 heterocycles. The van der Waals surface area contributed by atoms with Gasteiger partial charge in [-0.2, -0.15) is 0 Å². The summed E-state index contributed by atoms with van der Waals surface area (Å²) >= 11 is 0. The number of aromatic nitrogens is 2. The van der Waals surface area contributed by atoms with Crippen molar-refractivity contribution in [2.24, 2.45) is 5.92 Å². The monoisotopic (exact) mass is 277 g/mol. The molecular weight excluding hydrogens is 254 g/mol. The van der Waals surface area contributed by atoms with Gasteiger partial charge in [-0.1, -0.05) is 0 Å². The highest BCUT2D eigenvalue weighted by molar-refractivity contribution is 5.34. The van der Waals surface area contributed by atoms with E-state index < -0.39 is 5.60 Å². The van der Waals surface area contributed by atoms with Crippen molar-refractivity contribution in [2.45, 2.75) is 44.8 Å². The van der Waals surface area contributed by atoms with E-state index in [1.54, 1.807) is 0 Å². The van der Waals surface area contributed by atoms with E-state index in [0.29, 0.717) is 19.6 Å². The molecule has 1 N–H and O–H groups in total. The summed E-state index contributed by atoms with van der Waals surface area (Å²) in [6, 6.07) is 2.18. The summed E-state index contributed by atoms with van der Waals surface area (Å²) < 4.78 is 5.61. The van der Waals surface area contributed by atoms with Crippen LogP contribution in [0.2, 0.25) is 0 Å². The Balaban J connectivity index is 1.85. The van der Waals surface area contributed by atoms with E-state index in [9.17, 15) is 5.11 Å². The molecule has 20 heavy (non-hydrogen) atoms. The van der Waals surface area contributed by atoms with E-state index in [4.69, 9.17) is 4.74 Å². The van der Waals surface area contributed by atoms with Crippen LogP contribution in [-0.4, -0.2) is 46.5 Å². The van der Waals surface area contributed by atoms with Gasteiger partial charge in [0.25, 0.3) is 0 Å². The molecule has 3 rings (SSSR count). The first kappa shape index (κ1) is 13.8. The molecule has 0 bridgehead atoms. The molecule has 1 aromatic rings. The summed E-state index contributed by atoms with van der Waals surface area (Å²) in [5.41, 5.74) is 0.322. The molecule has 0 spiro atoms. The zero-order chi connectivity index (χ0) is 14.2. The average Bonchev–Trinajstić information content (AvgIpc) is 2.87. The van der Waals surface area contributed by atoms with Gasteiger partial charge in [-0.15, -0.1) is 0 Å². The van der Waals surface area contributed by atoms with Crippen molar-refractivity contribution in [3.63, 3.8) is 0 Å².